The van der Waals surface area contributed by atoms with Crippen LogP contribution in [-0.4, -0.2) is 49.7 Å². The van der Waals surface area contributed by atoms with Crippen molar-refractivity contribution in [3.05, 3.63) is 24.2 Å². The van der Waals surface area contributed by atoms with Crippen molar-refractivity contribution in [3.63, 3.8) is 0 Å². The molecule has 1 aliphatic heterocycles. The van der Waals surface area contributed by atoms with Gasteiger partial charge in [-0.1, -0.05) is 19.3 Å². The first-order valence-electron chi connectivity index (χ1n) is 10.0. The molecule has 0 bridgehead atoms. The molecule has 1 aromatic rings. The second-order valence-electron chi connectivity index (χ2n) is 7.27. The molecule has 1 saturated carbocycles. The lowest BCUT2D eigenvalue weighted by Crippen LogP contribution is -2.46. The quantitative estimate of drug-likeness (QED) is 0.606. The van der Waals surface area contributed by atoms with E-state index in [1.54, 1.807) is 6.26 Å². The van der Waals surface area contributed by atoms with Crippen LogP contribution >= 0.6 is 0 Å². The molecule has 1 aliphatic carbocycles. The Morgan fingerprint density at radius 3 is 2.96 bits per heavy atom. The van der Waals surface area contributed by atoms with E-state index in [4.69, 9.17) is 14.1 Å². The van der Waals surface area contributed by atoms with Crippen LogP contribution in [0, 0.1) is 5.92 Å². The SMILES string of the molecule is CCOCC1CCN(C(=NCCc2ccco2)NC2CCCCC2)C1. The van der Waals surface area contributed by atoms with Crippen molar-refractivity contribution < 1.29 is 9.15 Å². The summed E-state index contributed by atoms with van der Waals surface area (Å²) in [5.74, 6) is 2.73. The number of ether oxygens (including phenoxy) is 1. The monoisotopic (exact) mass is 347 g/mol. The number of hydrogen-bond donors (Lipinski definition) is 1. The van der Waals surface area contributed by atoms with E-state index in [1.165, 1.54) is 38.5 Å². The normalized spacial score (nSPS) is 22.5. The van der Waals surface area contributed by atoms with Gasteiger partial charge in [0.2, 0.25) is 0 Å². The molecule has 0 spiro atoms. The fourth-order valence-corrected chi connectivity index (χ4v) is 3.84. The van der Waals surface area contributed by atoms with Crippen LogP contribution in [0.1, 0.15) is 51.2 Å². The maximum atomic E-state index is 5.63. The molecule has 0 amide bonds. The fraction of sp³-hybridized carbons (Fsp3) is 0.750. The molecule has 1 aromatic heterocycles. The third kappa shape index (κ3) is 5.77. The summed E-state index contributed by atoms with van der Waals surface area (Å²) in [5, 5.41) is 3.76. The summed E-state index contributed by atoms with van der Waals surface area (Å²) in [5.41, 5.74) is 0. The maximum absolute atomic E-state index is 5.63. The summed E-state index contributed by atoms with van der Waals surface area (Å²) in [7, 11) is 0. The average Bonchev–Trinajstić information content (AvgIpc) is 3.32. The smallest absolute Gasteiger partial charge is 0.194 e. The highest BCUT2D eigenvalue weighted by Gasteiger charge is 2.26. The number of rotatable bonds is 7. The van der Waals surface area contributed by atoms with Gasteiger partial charge in [0.15, 0.2) is 5.96 Å². The van der Waals surface area contributed by atoms with E-state index < -0.39 is 0 Å². The first-order chi connectivity index (χ1) is 12.3. The van der Waals surface area contributed by atoms with Crippen LogP contribution in [0.5, 0.6) is 0 Å². The van der Waals surface area contributed by atoms with Gasteiger partial charge < -0.3 is 19.4 Å². The number of aliphatic imine (C=N–C) groups is 1. The van der Waals surface area contributed by atoms with Crippen LogP contribution in [0.4, 0.5) is 0 Å². The Morgan fingerprint density at radius 2 is 2.20 bits per heavy atom. The Balaban J connectivity index is 1.57. The van der Waals surface area contributed by atoms with Crippen molar-refractivity contribution >= 4 is 5.96 Å². The minimum absolute atomic E-state index is 0.585. The predicted octanol–water partition coefficient (Wildman–Crippen LogP) is 3.46. The lowest BCUT2D eigenvalue weighted by Gasteiger charge is -2.29. The number of guanidine groups is 1. The third-order valence-corrected chi connectivity index (χ3v) is 5.28. The van der Waals surface area contributed by atoms with Crippen LogP contribution in [0.2, 0.25) is 0 Å². The largest absolute Gasteiger partial charge is 0.469 e. The van der Waals surface area contributed by atoms with E-state index in [2.05, 4.69) is 17.1 Å². The average molecular weight is 348 g/mol. The van der Waals surface area contributed by atoms with E-state index in [9.17, 15) is 0 Å². The minimum Gasteiger partial charge on any atom is -0.469 e. The van der Waals surface area contributed by atoms with Crippen molar-refractivity contribution in [1.82, 2.24) is 10.2 Å². The van der Waals surface area contributed by atoms with E-state index in [-0.39, 0.29) is 0 Å². The minimum atomic E-state index is 0.585. The van der Waals surface area contributed by atoms with Crippen molar-refractivity contribution in [2.75, 3.05) is 32.8 Å². The number of nitrogens with one attached hydrogen (secondary N) is 1. The lowest BCUT2D eigenvalue weighted by atomic mass is 9.96. The molecule has 1 N–H and O–H groups in total. The van der Waals surface area contributed by atoms with E-state index >= 15 is 0 Å². The van der Waals surface area contributed by atoms with Crippen LogP contribution < -0.4 is 5.32 Å². The van der Waals surface area contributed by atoms with Gasteiger partial charge in [-0.3, -0.25) is 4.99 Å². The predicted molar refractivity (Wildman–Crippen MR) is 101 cm³/mol. The topological polar surface area (TPSA) is 50.0 Å². The molecular weight excluding hydrogens is 314 g/mol. The second kappa shape index (κ2) is 9.85. The van der Waals surface area contributed by atoms with E-state index in [1.807, 2.05) is 12.1 Å². The highest BCUT2D eigenvalue weighted by molar-refractivity contribution is 5.80. The standard InChI is InChI=1S/C20H33N3O2/c1-2-24-16-17-11-13-23(15-17)20(22-18-7-4-3-5-8-18)21-12-10-19-9-6-14-25-19/h6,9,14,17-18H,2-5,7-8,10-13,15-16H2,1H3,(H,21,22). The Labute approximate surface area is 151 Å². The number of hydrogen-bond acceptors (Lipinski definition) is 3. The molecule has 1 atom stereocenters. The van der Waals surface area contributed by atoms with Gasteiger partial charge in [-0.2, -0.15) is 0 Å². The Morgan fingerprint density at radius 1 is 1.32 bits per heavy atom. The van der Waals surface area contributed by atoms with Crippen LogP contribution in [0.3, 0.4) is 0 Å². The van der Waals surface area contributed by atoms with Gasteiger partial charge in [-0.25, -0.2) is 0 Å². The van der Waals surface area contributed by atoms with Gasteiger partial charge in [0, 0.05) is 44.6 Å². The molecule has 0 aromatic carbocycles. The van der Waals surface area contributed by atoms with Crippen molar-refractivity contribution in [2.24, 2.45) is 10.9 Å². The highest BCUT2D eigenvalue weighted by Crippen LogP contribution is 2.20. The zero-order valence-electron chi connectivity index (χ0n) is 15.6. The first-order valence-corrected chi connectivity index (χ1v) is 10.0. The maximum Gasteiger partial charge on any atom is 0.194 e. The van der Waals surface area contributed by atoms with Crippen molar-refractivity contribution in [3.8, 4) is 0 Å². The molecule has 25 heavy (non-hydrogen) atoms. The number of nitrogens with zero attached hydrogens (tertiary/aromatic N) is 2. The molecule has 2 heterocycles. The Bertz CT molecular complexity index is 509. The molecule has 5 heteroatoms. The summed E-state index contributed by atoms with van der Waals surface area (Å²) in [4.78, 5) is 7.35. The summed E-state index contributed by atoms with van der Waals surface area (Å²) in [6.45, 7) is 6.65. The van der Waals surface area contributed by atoms with Crippen molar-refractivity contribution in [1.29, 1.82) is 0 Å². The van der Waals surface area contributed by atoms with Crippen LogP contribution in [0.25, 0.3) is 0 Å². The molecule has 1 saturated heterocycles. The zero-order valence-corrected chi connectivity index (χ0v) is 15.6. The molecule has 2 aliphatic rings. The lowest BCUT2D eigenvalue weighted by molar-refractivity contribution is 0.114. The fourth-order valence-electron chi connectivity index (χ4n) is 3.84. The third-order valence-electron chi connectivity index (χ3n) is 5.28. The molecule has 5 nitrogen and oxygen atoms in total. The van der Waals surface area contributed by atoms with Crippen LogP contribution in [0.15, 0.2) is 27.8 Å². The second-order valence-corrected chi connectivity index (χ2v) is 7.27. The molecule has 2 fully saturated rings. The van der Waals surface area contributed by atoms with Gasteiger partial charge in [-0.15, -0.1) is 0 Å². The Hall–Kier alpha value is -1.49. The van der Waals surface area contributed by atoms with Gasteiger partial charge >= 0.3 is 0 Å². The Kier molecular flexibility index (Phi) is 7.22. The molecule has 1 unspecified atom stereocenters. The van der Waals surface area contributed by atoms with Gasteiger partial charge in [0.05, 0.1) is 12.9 Å². The highest BCUT2D eigenvalue weighted by atomic mass is 16.5. The summed E-state index contributed by atoms with van der Waals surface area (Å²) < 4.78 is 11.1. The summed E-state index contributed by atoms with van der Waals surface area (Å²) in [6, 6.07) is 4.55. The van der Waals surface area contributed by atoms with Gasteiger partial charge in [0.1, 0.15) is 5.76 Å². The first kappa shape index (κ1) is 18.3. The number of likely N-dealkylation sites (tertiary alicyclic amines) is 1. The van der Waals surface area contributed by atoms with Gasteiger partial charge in [0.25, 0.3) is 0 Å². The molecule has 0 radical (unpaired) electrons. The zero-order chi connectivity index (χ0) is 17.3. The van der Waals surface area contributed by atoms with Crippen molar-refractivity contribution in [2.45, 2.75) is 57.9 Å². The number of furan rings is 1. The summed E-state index contributed by atoms with van der Waals surface area (Å²) in [6.07, 6.45) is 10.4. The van der Waals surface area contributed by atoms with E-state index in [0.29, 0.717) is 12.0 Å². The van der Waals surface area contributed by atoms with Gasteiger partial charge in [-0.05, 0) is 38.3 Å². The molecule has 140 valence electrons. The van der Waals surface area contributed by atoms with E-state index in [0.717, 1.165) is 51.0 Å². The molecular formula is C20H33N3O2. The van der Waals surface area contributed by atoms with Crippen LogP contribution in [-0.2, 0) is 11.2 Å². The summed E-state index contributed by atoms with van der Waals surface area (Å²) >= 11 is 0. The molecule has 3 rings (SSSR count).